The molecule has 3 saturated heterocycles. The Bertz CT molecular complexity index is 1380. The number of aliphatic hydroxyl groups is 2. The summed E-state index contributed by atoms with van der Waals surface area (Å²) in [5.41, 5.74) is 1.54. The Morgan fingerprint density at radius 3 is 2.68 bits per heavy atom. The van der Waals surface area contributed by atoms with Crippen molar-refractivity contribution in [3.8, 4) is 0 Å². The summed E-state index contributed by atoms with van der Waals surface area (Å²) in [6, 6.07) is 9.78. The van der Waals surface area contributed by atoms with Gasteiger partial charge < -0.3 is 33.9 Å². The third-order valence-corrected chi connectivity index (χ3v) is 10.7. The van der Waals surface area contributed by atoms with E-state index in [1.54, 1.807) is 6.08 Å². The van der Waals surface area contributed by atoms with Crippen molar-refractivity contribution in [3.63, 3.8) is 0 Å². The van der Waals surface area contributed by atoms with Crippen molar-refractivity contribution in [1.29, 1.82) is 0 Å². The molecule has 1 aromatic rings. The number of fused-ring (bicyclic) bond motifs is 2. The average molecular weight is 649 g/mol. The summed E-state index contributed by atoms with van der Waals surface area (Å²) >= 11 is 0. The molecule has 6 rings (SSSR count). The van der Waals surface area contributed by atoms with Gasteiger partial charge in [0.2, 0.25) is 0 Å². The van der Waals surface area contributed by atoms with Crippen molar-refractivity contribution in [2.24, 2.45) is 17.8 Å². The molecule has 0 amide bonds. The summed E-state index contributed by atoms with van der Waals surface area (Å²) in [5.74, 6) is -1.77. The van der Waals surface area contributed by atoms with Gasteiger partial charge in [-0.25, -0.2) is 0 Å². The maximum atomic E-state index is 14.3. The molecule has 1 aliphatic carbocycles. The molecular weight excluding hydrogens is 596 g/mol. The summed E-state index contributed by atoms with van der Waals surface area (Å²) in [5, 5.41) is 23.9. The smallest absolute Gasteiger partial charge is 0.316 e. The molecule has 2 bridgehead atoms. The van der Waals surface area contributed by atoms with Gasteiger partial charge in [-0.3, -0.25) is 4.79 Å². The van der Waals surface area contributed by atoms with Crippen LogP contribution in [0.2, 0.25) is 0 Å². The maximum absolute atomic E-state index is 14.3. The highest BCUT2D eigenvalue weighted by Crippen LogP contribution is 2.47. The monoisotopic (exact) mass is 648 g/mol. The van der Waals surface area contributed by atoms with Gasteiger partial charge in [-0.2, -0.15) is 0 Å². The van der Waals surface area contributed by atoms with Crippen LogP contribution < -0.4 is 0 Å². The fourth-order valence-corrected chi connectivity index (χ4v) is 8.13. The molecule has 5 aliphatic rings. The molecule has 0 aromatic heterocycles. The lowest BCUT2D eigenvalue weighted by atomic mass is 9.70. The van der Waals surface area contributed by atoms with E-state index in [1.165, 1.54) is 5.57 Å². The molecule has 256 valence electrons. The van der Waals surface area contributed by atoms with E-state index in [0.717, 1.165) is 31.2 Å². The van der Waals surface area contributed by atoms with Gasteiger partial charge in [0, 0.05) is 19.3 Å². The van der Waals surface area contributed by atoms with Crippen molar-refractivity contribution >= 4 is 5.97 Å². The van der Waals surface area contributed by atoms with Gasteiger partial charge in [-0.05, 0) is 61.2 Å². The average Bonchev–Trinajstić information content (AvgIpc) is 3.39. The largest absolute Gasteiger partial charge is 0.462 e. The van der Waals surface area contributed by atoms with Crippen LogP contribution in [-0.4, -0.2) is 71.3 Å². The molecule has 1 spiro atoms. The molecule has 8 nitrogen and oxygen atoms in total. The molecule has 4 aliphatic heterocycles. The van der Waals surface area contributed by atoms with E-state index in [9.17, 15) is 15.0 Å². The second-order valence-electron chi connectivity index (χ2n) is 14.5. The Hall–Kier alpha value is -2.59. The number of hydrogen-bond donors (Lipinski definition) is 2. The summed E-state index contributed by atoms with van der Waals surface area (Å²) in [4.78, 5) is 14.3. The van der Waals surface area contributed by atoms with Crippen LogP contribution in [0, 0.1) is 17.8 Å². The highest BCUT2D eigenvalue weighted by molar-refractivity contribution is 5.78. The lowest BCUT2D eigenvalue weighted by Crippen LogP contribution is -2.58. The Labute approximate surface area is 279 Å². The fourth-order valence-electron chi connectivity index (χ4n) is 8.13. The minimum Gasteiger partial charge on any atom is -0.462 e. The molecule has 0 saturated carbocycles. The Morgan fingerprint density at radius 1 is 1.09 bits per heavy atom. The van der Waals surface area contributed by atoms with Crippen molar-refractivity contribution in [2.45, 2.75) is 121 Å². The highest BCUT2D eigenvalue weighted by atomic mass is 16.7. The number of hydrogen-bond acceptors (Lipinski definition) is 8. The fraction of sp³-hybridized carbons (Fsp3) is 0.615. The number of benzene rings is 1. The van der Waals surface area contributed by atoms with Crippen LogP contribution in [0.4, 0.5) is 0 Å². The normalized spacial score (nSPS) is 42.3. The molecule has 47 heavy (non-hydrogen) atoms. The summed E-state index contributed by atoms with van der Waals surface area (Å²) in [6.45, 7) is 9.21. The first-order valence-electron chi connectivity index (χ1n) is 17.5. The third kappa shape index (κ3) is 7.38. The quantitative estimate of drug-likeness (QED) is 0.291. The van der Waals surface area contributed by atoms with Crippen LogP contribution in [0.15, 0.2) is 77.4 Å². The topological polar surface area (TPSA) is 104 Å². The zero-order valence-electron chi connectivity index (χ0n) is 28.3. The highest BCUT2D eigenvalue weighted by Gasteiger charge is 2.60. The lowest BCUT2D eigenvalue weighted by Gasteiger charge is -2.50. The third-order valence-electron chi connectivity index (χ3n) is 10.7. The van der Waals surface area contributed by atoms with E-state index in [2.05, 4.69) is 39.8 Å². The van der Waals surface area contributed by atoms with E-state index in [0.29, 0.717) is 42.9 Å². The van der Waals surface area contributed by atoms with E-state index in [4.69, 9.17) is 23.7 Å². The van der Waals surface area contributed by atoms with Gasteiger partial charge in [-0.1, -0.05) is 87.1 Å². The standard InChI is InChI=1S/C39H52O8/c1-5-34-27(4)16-17-38(47-34)21-32-20-31(46-38)15-14-26(3)18-25(2)10-9-13-30-24-44-36-35(40)29(19-33(37(41)45-32)39(30,36)42)23-43-22-28-11-7-6-8-12-28/h6-14,19,25,27,31-36,40,42H,5,15-18,20-24H2,1-4H3/b10-9+,26-14+,30-13+/t25-,27-,31+,32-,33-,34+,35+,36+,38+,39+/m0/s1. The van der Waals surface area contributed by atoms with Gasteiger partial charge in [0.1, 0.15) is 29.8 Å². The number of rotatable bonds is 5. The van der Waals surface area contributed by atoms with Gasteiger partial charge in [-0.15, -0.1) is 0 Å². The van der Waals surface area contributed by atoms with Crippen molar-refractivity contribution < 1.29 is 38.7 Å². The van der Waals surface area contributed by atoms with Crippen LogP contribution in [0.1, 0.15) is 78.2 Å². The first kappa shape index (κ1) is 34.3. The predicted octanol–water partition coefficient (Wildman–Crippen LogP) is 6.12. The van der Waals surface area contributed by atoms with Gasteiger partial charge in [0.05, 0.1) is 32.0 Å². The molecular formula is C39H52O8. The van der Waals surface area contributed by atoms with Crippen LogP contribution in [0.3, 0.4) is 0 Å². The maximum Gasteiger partial charge on any atom is 0.316 e. The first-order valence-corrected chi connectivity index (χ1v) is 17.5. The second kappa shape index (κ2) is 14.5. The zero-order chi connectivity index (χ0) is 33.2. The molecule has 10 atom stereocenters. The first-order chi connectivity index (χ1) is 22.6. The van der Waals surface area contributed by atoms with Gasteiger partial charge in [0.25, 0.3) is 0 Å². The molecule has 8 heteroatoms. The number of carbonyl (C=O) groups is 1. The number of ether oxygens (including phenoxy) is 5. The Kier molecular flexibility index (Phi) is 10.6. The summed E-state index contributed by atoms with van der Waals surface area (Å²) < 4.78 is 31.9. The number of esters is 1. The second-order valence-corrected chi connectivity index (χ2v) is 14.5. The predicted molar refractivity (Wildman–Crippen MR) is 178 cm³/mol. The van der Waals surface area contributed by atoms with Crippen LogP contribution in [0.25, 0.3) is 0 Å². The molecule has 0 unspecified atom stereocenters. The van der Waals surface area contributed by atoms with E-state index in [1.807, 2.05) is 42.5 Å². The van der Waals surface area contributed by atoms with Crippen LogP contribution in [-0.2, 0) is 35.1 Å². The number of allylic oxidation sites excluding steroid dienone is 4. The Morgan fingerprint density at radius 2 is 1.89 bits per heavy atom. The van der Waals surface area contributed by atoms with Crippen molar-refractivity contribution in [2.75, 3.05) is 13.2 Å². The minimum absolute atomic E-state index is 0.0765. The molecule has 3 fully saturated rings. The van der Waals surface area contributed by atoms with E-state index in [-0.39, 0.29) is 31.3 Å². The number of carbonyl (C=O) groups excluding carboxylic acids is 1. The minimum atomic E-state index is -1.77. The molecule has 2 N–H and O–H groups in total. The van der Waals surface area contributed by atoms with E-state index < -0.39 is 41.6 Å². The summed E-state index contributed by atoms with van der Waals surface area (Å²) in [6.07, 6.45) is 12.2. The molecule has 1 aromatic carbocycles. The molecule has 0 radical (unpaired) electrons. The van der Waals surface area contributed by atoms with Crippen molar-refractivity contribution in [3.05, 3.63) is 83.0 Å². The zero-order valence-corrected chi connectivity index (χ0v) is 28.3. The number of aliphatic hydroxyl groups excluding tert-OH is 1. The lowest BCUT2D eigenvalue weighted by molar-refractivity contribution is -0.335. The van der Waals surface area contributed by atoms with E-state index >= 15 is 0 Å². The van der Waals surface area contributed by atoms with Gasteiger partial charge in [0.15, 0.2) is 5.79 Å². The van der Waals surface area contributed by atoms with Gasteiger partial charge >= 0.3 is 5.97 Å². The SMILES string of the molecule is CC[C@H]1O[C@]2(CC[C@@H]1C)C[C@@H]1C[C@@H](C/C=C(\C)C[C@@H](C)/C=C/C=C3\CO[C@@H]4[C@H](O)C(COCc5ccccc5)=C[C@@H](C(=O)O1)[C@]34O)O2. The van der Waals surface area contributed by atoms with Crippen molar-refractivity contribution in [1.82, 2.24) is 0 Å². The Balaban J connectivity index is 1.33. The van der Waals surface area contributed by atoms with Crippen LogP contribution >= 0.6 is 0 Å². The molecule has 4 heterocycles. The summed E-state index contributed by atoms with van der Waals surface area (Å²) in [7, 11) is 0. The van der Waals surface area contributed by atoms with Crippen LogP contribution in [0.5, 0.6) is 0 Å².